The topological polar surface area (TPSA) is 90.8 Å². The highest BCUT2D eigenvalue weighted by atomic mass is 79.9. The summed E-state index contributed by atoms with van der Waals surface area (Å²) in [4.78, 5) is 15.0. The number of hydrogen-bond acceptors (Lipinski definition) is 5. The molecule has 2 N–H and O–H groups in total. The van der Waals surface area contributed by atoms with Gasteiger partial charge in [-0.25, -0.2) is 0 Å². The normalized spacial score (nSPS) is 10.7. The molecule has 0 unspecified atom stereocenters. The second-order valence-corrected chi connectivity index (χ2v) is 3.66. The van der Waals surface area contributed by atoms with Crippen LogP contribution in [0.25, 0.3) is 0 Å². The summed E-state index contributed by atoms with van der Waals surface area (Å²) in [6.45, 7) is 0.725. The zero-order valence-corrected chi connectivity index (χ0v) is 11.8. The molecule has 0 saturated heterocycles. The molecule has 0 spiro atoms. The lowest BCUT2D eigenvalue weighted by Crippen LogP contribution is -2.09. The van der Waals surface area contributed by atoms with Crippen molar-refractivity contribution in [3.63, 3.8) is 0 Å². The number of nitrogens with zero attached hydrogens (tertiary/aromatic N) is 2. The first-order chi connectivity index (χ1) is 8.19. The van der Waals surface area contributed by atoms with E-state index < -0.39 is 4.92 Å². The molecule has 8 heteroatoms. The summed E-state index contributed by atoms with van der Waals surface area (Å²) >= 11 is 3.28. The van der Waals surface area contributed by atoms with E-state index in [1.807, 2.05) is 0 Å². The second kappa shape index (κ2) is 8.84. The minimum Gasteiger partial charge on any atom is -0.394 e. The molecular weight excluding hydrogens is 325 g/mol. The second-order valence-electron chi connectivity index (χ2n) is 3.10. The Morgan fingerprint density at radius 1 is 1.44 bits per heavy atom. The van der Waals surface area contributed by atoms with Crippen molar-refractivity contribution < 1.29 is 9.76 Å². The van der Waals surface area contributed by atoms with Crippen LogP contribution in [-0.4, -0.2) is 29.1 Å². The Morgan fingerprint density at radius 2 is 2.06 bits per heavy atom. The van der Waals surface area contributed by atoms with E-state index in [9.17, 15) is 10.1 Å². The number of oxime groups is 1. The predicted octanol–water partition coefficient (Wildman–Crippen LogP) is 2.09. The summed E-state index contributed by atoms with van der Waals surface area (Å²) in [5, 5.41) is 14.9. The van der Waals surface area contributed by atoms with Crippen molar-refractivity contribution in [2.24, 2.45) is 10.9 Å². The highest BCUT2D eigenvalue weighted by Crippen LogP contribution is 2.13. The van der Waals surface area contributed by atoms with Crippen LogP contribution in [0.1, 0.15) is 5.56 Å². The first kappa shape index (κ1) is 16.8. The van der Waals surface area contributed by atoms with Crippen molar-refractivity contribution in [1.82, 2.24) is 0 Å². The van der Waals surface area contributed by atoms with E-state index in [-0.39, 0.29) is 18.1 Å². The fourth-order valence-corrected chi connectivity index (χ4v) is 1.53. The van der Waals surface area contributed by atoms with E-state index >= 15 is 0 Å². The SMILES string of the molecule is Cl.NCCON=C(CBr)c1ccc([N+](=O)[O-])cc1. The van der Waals surface area contributed by atoms with E-state index in [0.717, 1.165) is 5.56 Å². The molecule has 6 nitrogen and oxygen atoms in total. The zero-order chi connectivity index (χ0) is 12.7. The third-order valence-corrected chi connectivity index (χ3v) is 2.45. The Bertz CT molecular complexity index is 411. The van der Waals surface area contributed by atoms with Gasteiger partial charge in [-0.05, 0) is 12.1 Å². The number of non-ortho nitro benzene ring substituents is 1. The number of halogens is 2. The molecule has 18 heavy (non-hydrogen) atoms. The maximum Gasteiger partial charge on any atom is 0.269 e. The molecule has 1 rings (SSSR count). The van der Waals surface area contributed by atoms with Crippen molar-refractivity contribution in [2.75, 3.05) is 18.5 Å². The molecule has 0 aliphatic carbocycles. The van der Waals surface area contributed by atoms with Crippen LogP contribution in [0.4, 0.5) is 5.69 Å². The first-order valence-corrected chi connectivity index (χ1v) is 6.01. The summed E-state index contributed by atoms with van der Waals surface area (Å²) in [5.41, 5.74) is 6.74. The molecule has 0 atom stereocenters. The maximum absolute atomic E-state index is 10.5. The Hall–Kier alpha value is -1.18. The maximum atomic E-state index is 10.5. The van der Waals surface area contributed by atoms with Gasteiger partial charge in [-0.3, -0.25) is 10.1 Å². The molecule has 0 aromatic heterocycles. The minimum absolute atomic E-state index is 0. The lowest BCUT2D eigenvalue weighted by molar-refractivity contribution is -0.384. The van der Waals surface area contributed by atoms with Gasteiger partial charge in [0.1, 0.15) is 6.61 Å². The molecule has 1 aromatic carbocycles. The largest absolute Gasteiger partial charge is 0.394 e. The van der Waals surface area contributed by atoms with Crippen LogP contribution in [0, 0.1) is 10.1 Å². The molecule has 0 bridgehead atoms. The minimum atomic E-state index is -0.445. The number of nitro groups is 1. The number of rotatable bonds is 6. The molecule has 0 aliphatic rings. The van der Waals surface area contributed by atoms with Gasteiger partial charge in [-0.2, -0.15) is 0 Å². The van der Waals surface area contributed by atoms with E-state index in [1.165, 1.54) is 12.1 Å². The summed E-state index contributed by atoms with van der Waals surface area (Å²) in [6.07, 6.45) is 0. The number of alkyl halides is 1. The van der Waals surface area contributed by atoms with Gasteiger partial charge in [0.15, 0.2) is 0 Å². The third kappa shape index (κ3) is 4.99. The molecule has 1 aromatic rings. The molecule has 0 heterocycles. The van der Waals surface area contributed by atoms with Crippen LogP contribution in [0.2, 0.25) is 0 Å². The van der Waals surface area contributed by atoms with Gasteiger partial charge in [0.05, 0.1) is 10.6 Å². The number of hydrogen-bond donors (Lipinski definition) is 1. The fourth-order valence-electron chi connectivity index (χ4n) is 1.11. The van der Waals surface area contributed by atoms with Gasteiger partial charge in [-0.15, -0.1) is 12.4 Å². The molecule has 0 amide bonds. The van der Waals surface area contributed by atoms with Gasteiger partial charge in [0.2, 0.25) is 0 Å². The Balaban J connectivity index is 0.00000289. The average Bonchev–Trinajstić information content (AvgIpc) is 2.35. The number of nitrogens with two attached hydrogens (primary N) is 1. The molecular formula is C10H13BrClN3O3. The van der Waals surface area contributed by atoms with Crippen LogP contribution in [0.15, 0.2) is 29.4 Å². The monoisotopic (exact) mass is 337 g/mol. The third-order valence-electron chi connectivity index (χ3n) is 1.92. The summed E-state index contributed by atoms with van der Waals surface area (Å²) in [5.74, 6) is 0. The van der Waals surface area contributed by atoms with E-state index in [0.29, 0.717) is 24.2 Å². The van der Waals surface area contributed by atoms with Gasteiger partial charge in [0, 0.05) is 29.6 Å². The highest BCUT2D eigenvalue weighted by Gasteiger charge is 2.07. The van der Waals surface area contributed by atoms with Gasteiger partial charge in [0.25, 0.3) is 5.69 Å². The number of nitro benzene ring substituents is 1. The van der Waals surface area contributed by atoms with E-state index in [2.05, 4.69) is 21.1 Å². The van der Waals surface area contributed by atoms with Crippen LogP contribution in [-0.2, 0) is 4.84 Å². The smallest absolute Gasteiger partial charge is 0.269 e. The Kier molecular flexibility index (Phi) is 8.27. The van der Waals surface area contributed by atoms with Crippen LogP contribution in [0.3, 0.4) is 0 Å². The predicted molar refractivity (Wildman–Crippen MR) is 75.7 cm³/mol. The highest BCUT2D eigenvalue weighted by molar-refractivity contribution is 9.09. The van der Waals surface area contributed by atoms with Crippen molar-refractivity contribution in [2.45, 2.75) is 0 Å². The zero-order valence-electron chi connectivity index (χ0n) is 9.41. The van der Waals surface area contributed by atoms with E-state index in [4.69, 9.17) is 10.6 Å². The molecule has 0 saturated carbocycles. The molecule has 0 aliphatic heterocycles. The van der Waals surface area contributed by atoms with Crippen molar-refractivity contribution >= 4 is 39.7 Å². The Morgan fingerprint density at radius 3 is 2.50 bits per heavy atom. The number of benzene rings is 1. The van der Waals surface area contributed by atoms with Crippen molar-refractivity contribution in [1.29, 1.82) is 0 Å². The molecule has 0 radical (unpaired) electrons. The van der Waals surface area contributed by atoms with Gasteiger partial charge in [-0.1, -0.05) is 21.1 Å². The van der Waals surface area contributed by atoms with Crippen molar-refractivity contribution in [3.8, 4) is 0 Å². The quantitative estimate of drug-likeness (QED) is 0.283. The lowest BCUT2D eigenvalue weighted by Gasteiger charge is -2.03. The standard InChI is InChI=1S/C10H12BrN3O3.ClH/c11-7-10(13-17-6-5-12)8-1-3-9(4-2-8)14(15)16;/h1-4H,5-7,12H2;1H. The lowest BCUT2D eigenvalue weighted by atomic mass is 10.1. The van der Waals surface area contributed by atoms with Gasteiger partial charge >= 0.3 is 0 Å². The van der Waals surface area contributed by atoms with Crippen LogP contribution < -0.4 is 5.73 Å². The summed E-state index contributed by atoms with van der Waals surface area (Å²) in [6, 6.07) is 6.11. The van der Waals surface area contributed by atoms with Gasteiger partial charge < -0.3 is 10.6 Å². The van der Waals surface area contributed by atoms with E-state index in [1.54, 1.807) is 12.1 Å². The molecule has 0 fully saturated rings. The summed E-state index contributed by atoms with van der Waals surface area (Å²) in [7, 11) is 0. The van der Waals surface area contributed by atoms with Crippen LogP contribution in [0.5, 0.6) is 0 Å². The Labute approximate surface area is 119 Å². The average molecular weight is 339 g/mol. The van der Waals surface area contributed by atoms with Crippen LogP contribution >= 0.6 is 28.3 Å². The fraction of sp³-hybridized carbons (Fsp3) is 0.300. The molecule has 100 valence electrons. The summed E-state index contributed by atoms with van der Waals surface area (Å²) < 4.78 is 0. The van der Waals surface area contributed by atoms with Crippen molar-refractivity contribution in [3.05, 3.63) is 39.9 Å². The first-order valence-electron chi connectivity index (χ1n) is 4.88.